The number of amides is 1. The van der Waals surface area contributed by atoms with Crippen LogP contribution in [0.15, 0.2) is 30.5 Å². The zero-order valence-corrected chi connectivity index (χ0v) is 12.0. The summed E-state index contributed by atoms with van der Waals surface area (Å²) < 4.78 is 0. The number of H-pyrrole nitrogens is 1. The Morgan fingerprint density at radius 2 is 2.05 bits per heavy atom. The summed E-state index contributed by atoms with van der Waals surface area (Å²) in [6.45, 7) is 2.31. The lowest BCUT2D eigenvalue weighted by Crippen LogP contribution is -2.34. The summed E-state index contributed by atoms with van der Waals surface area (Å²) >= 11 is 0. The molecule has 1 aromatic heterocycles. The molecule has 0 radical (unpaired) electrons. The van der Waals surface area contributed by atoms with Crippen LogP contribution in [-0.2, 0) is 0 Å². The van der Waals surface area contributed by atoms with Crippen molar-refractivity contribution in [1.82, 2.24) is 10.3 Å². The largest absolute Gasteiger partial charge is 0.360 e. The Labute approximate surface area is 119 Å². The fraction of sp³-hybridized carbons (Fsp3) is 0.471. The summed E-state index contributed by atoms with van der Waals surface area (Å²) in [7, 11) is 0. The molecule has 2 atom stereocenters. The van der Waals surface area contributed by atoms with E-state index in [1.165, 1.54) is 19.3 Å². The number of benzene rings is 1. The number of carbonyl (C=O) groups is 1. The van der Waals surface area contributed by atoms with Gasteiger partial charge in [0.05, 0.1) is 5.56 Å². The molecule has 1 heterocycles. The quantitative estimate of drug-likeness (QED) is 0.799. The molecule has 2 unspecified atom stereocenters. The number of carbonyl (C=O) groups excluding carboxylic acids is 1. The number of aromatic amines is 1. The fourth-order valence-electron chi connectivity index (χ4n) is 3.15. The predicted molar refractivity (Wildman–Crippen MR) is 81.8 cm³/mol. The van der Waals surface area contributed by atoms with Gasteiger partial charge < -0.3 is 10.3 Å². The highest BCUT2D eigenvalue weighted by Crippen LogP contribution is 2.23. The third-order valence-corrected chi connectivity index (χ3v) is 4.43. The van der Waals surface area contributed by atoms with Crippen molar-refractivity contribution in [3.8, 4) is 0 Å². The third kappa shape index (κ3) is 2.72. The number of aromatic nitrogens is 1. The highest BCUT2D eigenvalue weighted by molar-refractivity contribution is 6.06. The molecule has 1 aliphatic carbocycles. The van der Waals surface area contributed by atoms with Crippen LogP contribution < -0.4 is 5.32 Å². The molecule has 1 saturated carbocycles. The number of rotatable bonds is 2. The van der Waals surface area contributed by atoms with E-state index in [9.17, 15) is 4.79 Å². The van der Waals surface area contributed by atoms with Crippen molar-refractivity contribution in [2.45, 2.75) is 45.1 Å². The first-order valence-electron chi connectivity index (χ1n) is 7.61. The first-order valence-corrected chi connectivity index (χ1v) is 7.61. The van der Waals surface area contributed by atoms with E-state index in [-0.39, 0.29) is 5.91 Å². The maximum absolute atomic E-state index is 12.5. The van der Waals surface area contributed by atoms with E-state index in [4.69, 9.17) is 0 Å². The van der Waals surface area contributed by atoms with E-state index in [0.717, 1.165) is 35.2 Å². The Kier molecular flexibility index (Phi) is 3.77. The summed E-state index contributed by atoms with van der Waals surface area (Å²) in [5.41, 5.74) is 1.78. The average molecular weight is 270 g/mol. The van der Waals surface area contributed by atoms with Crippen molar-refractivity contribution in [3.05, 3.63) is 36.0 Å². The van der Waals surface area contributed by atoms with Gasteiger partial charge in [-0.3, -0.25) is 4.79 Å². The lowest BCUT2D eigenvalue weighted by Gasteiger charge is -2.16. The van der Waals surface area contributed by atoms with Gasteiger partial charge in [0.2, 0.25) is 0 Å². The van der Waals surface area contributed by atoms with E-state index < -0.39 is 0 Å². The normalized spacial score (nSPS) is 23.4. The second-order valence-electron chi connectivity index (χ2n) is 6.03. The lowest BCUT2D eigenvalue weighted by atomic mass is 10.0. The molecule has 1 fully saturated rings. The molecule has 0 aliphatic heterocycles. The van der Waals surface area contributed by atoms with E-state index in [2.05, 4.69) is 17.2 Å². The van der Waals surface area contributed by atoms with Crippen LogP contribution in [0.25, 0.3) is 10.9 Å². The maximum atomic E-state index is 12.5. The van der Waals surface area contributed by atoms with E-state index >= 15 is 0 Å². The van der Waals surface area contributed by atoms with Gasteiger partial charge in [-0.05, 0) is 31.2 Å². The van der Waals surface area contributed by atoms with Crippen LogP contribution in [-0.4, -0.2) is 16.9 Å². The number of hydrogen-bond donors (Lipinski definition) is 2. The maximum Gasteiger partial charge on any atom is 0.253 e. The Balaban J connectivity index is 1.73. The number of hydrogen-bond acceptors (Lipinski definition) is 1. The first kappa shape index (κ1) is 13.2. The Morgan fingerprint density at radius 1 is 1.20 bits per heavy atom. The molecule has 20 heavy (non-hydrogen) atoms. The topological polar surface area (TPSA) is 44.9 Å². The van der Waals surface area contributed by atoms with Crippen molar-refractivity contribution in [2.24, 2.45) is 5.92 Å². The van der Waals surface area contributed by atoms with Crippen molar-refractivity contribution < 1.29 is 4.79 Å². The van der Waals surface area contributed by atoms with E-state index in [1.807, 2.05) is 30.5 Å². The molecule has 2 aromatic rings. The van der Waals surface area contributed by atoms with Crippen molar-refractivity contribution in [2.75, 3.05) is 0 Å². The highest BCUT2D eigenvalue weighted by atomic mass is 16.1. The molecule has 1 aromatic carbocycles. The van der Waals surface area contributed by atoms with Crippen LogP contribution in [0.3, 0.4) is 0 Å². The molecule has 106 valence electrons. The minimum absolute atomic E-state index is 0.0574. The van der Waals surface area contributed by atoms with Crippen molar-refractivity contribution in [1.29, 1.82) is 0 Å². The van der Waals surface area contributed by atoms with Crippen LogP contribution in [0.1, 0.15) is 49.4 Å². The van der Waals surface area contributed by atoms with Crippen LogP contribution in [0.4, 0.5) is 0 Å². The molecular weight excluding hydrogens is 248 g/mol. The molecule has 0 saturated heterocycles. The molecule has 0 spiro atoms. The van der Waals surface area contributed by atoms with Gasteiger partial charge in [0, 0.05) is 23.1 Å². The van der Waals surface area contributed by atoms with Crippen LogP contribution in [0.2, 0.25) is 0 Å². The summed E-state index contributed by atoms with van der Waals surface area (Å²) in [6, 6.07) is 8.28. The van der Waals surface area contributed by atoms with E-state index in [0.29, 0.717) is 6.04 Å². The SMILES string of the molecule is CC1CCCC(NC(=O)c2c[nH]c3ccccc23)CC1. The number of fused-ring (bicyclic) bond motifs is 1. The van der Waals surface area contributed by atoms with Gasteiger partial charge in [0.15, 0.2) is 0 Å². The van der Waals surface area contributed by atoms with Gasteiger partial charge in [-0.25, -0.2) is 0 Å². The van der Waals surface area contributed by atoms with Crippen molar-refractivity contribution in [3.63, 3.8) is 0 Å². The standard InChI is InChI=1S/C17H22N2O/c1-12-5-4-6-13(10-9-12)19-17(20)15-11-18-16-8-3-2-7-14(15)16/h2-3,7-8,11-13,18H,4-6,9-10H2,1H3,(H,19,20). The molecule has 1 aliphatic rings. The second kappa shape index (κ2) is 5.70. The zero-order valence-electron chi connectivity index (χ0n) is 12.0. The van der Waals surface area contributed by atoms with Gasteiger partial charge >= 0.3 is 0 Å². The molecular formula is C17H22N2O. The highest BCUT2D eigenvalue weighted by Gasteiger charge is 2.19. The van der Waals surface area contributed by atoms with Gasteiger partial charge in [0.1, 0.15) is 0 Å². The van der Waals surface area contributed by atoms with Gasteiger partial charge in [-0.1, -0.05) is 38.0 Å². The second-order valence-corrected chi connectivity index (χ2v) is 6.03. The van der Waals surface area contributed by atoms with E-state index in [1.54, 1.807) is 0 Å². The fourth-order valence-corrected chi connectivity index (χ4v) is 3.15. The molecule has 1 amide bonds. The molecule has 2 N–H and O–H groups in total. The number of nitrogens with one attached hydrogen (secondary N) is 2. The molecule has 0 bridgehead atoms. The van der Waals surface area contributed by atoms with Gasteiger partial charge in [0.25, 0.3) is 5.91 Å². The van der Waals surface area contributed by atoms with Crippen LogP contribution in [0, 0.1) is 5.92 Å². The van der Waals surface area contributed by atoms with Crippen LogP contribution in [0.5, 0.6) is 0 Å². The molecule has 3 rings (SSSR count). The van der Waals surface area contributed by atoms with Gasteiger partial charge in [-0.2, -0.15) is 0 Å². The van der Waals surface area contributed by atoms with Crippen molar-refractivity contribution >= 4 is 16.8 Å². The number of para-hydroxylation sites is 1. The minimum Gasteiger partial charge on any atom is -0.360 e. The first-order chi connectivity index (χ1) is 9.74. The average Bonchev–Trinajstić information content (AvgIpc) is 2.78. The van der Waals surface area contributed by atoms with Crippen LogP contribution >= 0.6 is 0 Å². The minimum atomic E-state index is 0.0574. The summed E-state index contributed by atoms with van der Waals surface area (Å²) in [5.74, 6) is 0.854. The zero-order chi connectivity index (χ0) is 13.9. The third-order valence-electron chi connectivity index (χ3n) is 4.43. The van der Waals surface area contributed by atoms with Gasteiger partial charge in [-0.15, -0.1) is 0 Å². The predicted octanol–water partition coefficient (Wildman–Crippen LogP) is 3.87. The Bertz CT molecular complexity index is 602. The molecule has 3 nitrogen and oxygen atoms in total. The smallest absolute Gasteiger partial charge is 0.253 e. The monoisotopic (exact) mass is 270 g/mol. The Morgan fingerprint density at radius 3 is 2.95 bits per heavy atom. The molecule has 3 heteroatoms. The summed E-state index contributed by atoms with van der Waals surface area (Å²) in [5, 5.41) is 4.22. The Hall–Kier alpha value is -1.77. The lowest BCUT2D eigenvalue weighted by molar-refractivity contribution is 0.0935. The summed E-state index contributed by atoms with van der Waals surface area (Å²) in [4.78, 5) is 15.6. The summed E-state index contributed by atoms with van der Waals surface area (Å²) in [6.07, 6.45) is 7.77.